The van der Waals surface area contributed by atoms with E-state index in [2.05, 4.69) is 9.71 Å². The van der Waals surface area contributed by atoms with Gasteiger partial charge in [0.05, 0.1) is 0 Å². The maximum absolute atomic E-state index is 12.3. The van der Waals surface area contributed by atoms with E-state index >= 15 is 0 Å². The van der Waals surface area contributed by atoms with Crippen LogP contribution in [0.5, 0.6) is 0 Å². The van der Waals surface area contributed by atoms with Crippen molar-refractivity contribution >= 4 is 10.0 Å². The Labute approximate surface area is 119 Å². The molecule has 1 heterocycles. The van der Waals surface area contributed by atoms with Crippen molar-refractivity contribution in [1.29, 1.82) is 0 Å². The van der Waals surface area contributed by atoms with E-state index in [9.17, 15) is 8.42 Å². The van der Waals surface area contributed by atoms with Gasteiger partial charge < -0.3 is 0 Å². The van der Waals surface area contributed by atoms with Gasteiger partial charge in [0, 0.05) is 12.2 Å². The van der Waals surface area contributed by atoms with Crippen LogP contribution < -0.4 is 4.72 Å². The normalized spacial score (nSPS) is 13.3. The van der Waals surface area contributed by atoms with E-state index < -0.39 is 10.0 Å². The third-order valence-corrected chi connectivity index (χ3v) is 4.38. The second kappa shape index (κ2) is 6.15. The molecule has 106 valence electrons. The van der Waals surface area contributed by atoms with Gasteiger partial charge in [-0.05, 0) is 23.6 Å². The van der Waals surface area contributed by atoms with E-state index in [1.165, 1.54) is 12.3 Å². The highest BCUT2D eigenvalue weighted by molar-refractivity contribution is 7.89. The van der Waals surface area contributed by atoms with Gasteiger partial charge in [-0.2, -0.15) is 0 Å². The smallest absolute Gasteiger partial charge is 0.243 e. The lowest BCUT2D eigenvalue weighted by molar-refractivity contribution is 0.462. The van der Waals surface area contributed by atoms with Crippen LogP contribution in [0.2, 0.25) is 0 Å². The first-order chi connectivity index (χ1) is 9.50. The average molecular weight is 290 g/mol. The van der Waals surface area contributed by atoms with Crippen LogP contribution in [0.3, 0.4) is 0 Å². The molecule has 0 bridgehead atoms. The number of pyridine rings is 1. The number of sulfonamides is 1. The van der Waals surface area contributed by atoms with E-state index in [0.29, 0.717) is 0 Å². The summed E-state index contributed by atoms with van der Waals surface area (Å²) in [7, 11) is -3.61. The van der Waals surface area contributed by atoms with Crippen molar-refractivity contribution in [3.8, 4) is 0 Å². The minimum absolute atomic E-state index is 0.0431. The van der Waals surface area contributed by atoms with Crippen molar-refractivity contribution in [2.24, 2.45) is 5.92 Å². The molecule has 1 atom stereocenters. The highest BCUT2D eigenvalue weighted by Gasteiger charge is 2.24. The molecule has 0 spiro atoms. The molecule has 0 radical (unpaired) electrons. The van der Waals surface area contributed by atoms with E-state index in [0.717, 1.165) is 5.56 Å². The summed E-state index contributed by atoms with van der Waals surface area (Å²) >= 11 is 0. The van der Waals surface area contributed by atoms with E-state index in [1.54, 1.807) is 12.1 Å². The maximum Gasteiger partial charge on any atom is 0.258 e. The number of benzene rings is 1. The van der Waals surface area contributed by atoms with Gasteiger partial charge in [0.1, 0.15) is 0 Å². The number of hydrogen-bond donors (Lipinski definition) is 1. The molecule has 0 saturated carbocycles. The molecule has 2 aromatic rings. The van der Waals surface area contributed by atoms with Crippen molar-refractivity contribution < 1.29 is 8.42 Å². The molecule has 4 nitrogen and oxygen atoms in total. The molecule has 5 heteroatoms. The molecule has 1 aromatic carbocycles. The van der Waals surface area contributed by atoms with Gasteiger partial charge in [-0.1, -0.05) is 50.2 Å². The van der Waals surface area contributed by atoms with Crippen molar-refractivity contribution in [2.45, 2.75) is 24.9 Å². The molecule has 0 aliphatic heterocycles. The quantitative estimate of drug-likeness (QED) is 0.921. The Bertz CT molecular complexity index is 640. The zero-order chi connectivity index (χ0) is 14.6. The number of nitrogens with zero attached hydrogens (tertiary/aromatic N) is 1. The Morgan fingerprint density at radius 1 is 1.00 bits per heavy atom. The fraction of sp³-hybridized carbons (Fsp3) is 0.267. The van der Waals surface area contributed by atoms with Crippen LogP contribution in [0.4, 0.5) is 0 Å². The SMILES string of the molecule is CC(C)[C@H](NS(=O)(=O)c1ccccn1)c1ccccc1. The van der Waals surface area contributed by atoms with Gasteiger partial charge in [-0.25, -0.2) is 18.1 Å². The van der Waals surface area contributed by atoms with Crippen LogP contribution in [0, 0.1) is 5.92 Å². The molecular formula is C15H18N2O2S. The monoisotopic (exact) mass is 290 g/mol. The Morgan fingerprint density at radius 3 is 2.20 bits per heavy atom. The summed E-state index contributed by atoms with van der Waals surface area (Å²) in [5.74, 6) is 0.135. The second-order valence-corrected chi connectivity index (χ2v) is 6.58. The summed E-state index contributed by atoms with van der Waals surface area (Å²) in [5, 5.41) is 0.0431. The highest BCUT2D eigenvalue weighted by Crippen LogP contribution is 2.23. The van der Waals surface area contributed by atoms with Crippen LogP contribution >= 0.6 is 0 Å². The van der Waals surface area contributed by atoms with E-state index in [4.69, 9.17) is 0 Å². The molecule has 0 unspecified atom stereocenters. The molecule has 1 aromatic heterocycles. The Kier molecular flexibility index (Phi) is 4.52. The summed E-state index contributed by atoms with van der Waals surface area (Å²) in [6.45, 7) is 3.97. The maximum atomic E-state index is 12.3. The summed E-state index contributed by atoms with van der Waals surface area (Å²) in [5.41, 5.74) is 0.946. The highest BCUT2D eigenvalue weighted by atomic mass is 32.2. The summed E-state index contributed by atoms with van der Waals surface area (Å²) in [4.78, 5) is 3.91. The first-order valence-corrected chi connectivity index (χ1v) is 7.97. The van der Waals surface area contributed by atoms with Gasteiger partial charge in [0.25, 0.3) is 10.0 Å². The molecule has 0 aliphatic rings. The molecule has 1 N–H and O–H groups in total. The largest absolute Gasteiger partial charge is 0.258 e. The molecule has 2 rings (SSSR count). The van der Waals surface area contributed by atoms with E-state index in [-0.39, 0.29) is 17.0 Å². The summed E-state index contributed by atoms with van der Waals surface area (Å²) < 4.78 is 27.4. The Balaban J connectivity index is 2.30. The summed E-state index contributed by atoms with van der Waals surface area (Å²) in [6, 6.07) is 14.1. The van der Waals surface area contributed by atoms with Gasteiger partial charge in [0.15, 0.2) is 5.03 Å². The zero-order valence-corrected chi connectivity index (χ0v) is 12.3. The van der Waals surface area contributed by atoms with Crippen LogP contribution in [-0.2, 0) is 10.0 Å². The van der Waals surface area contributed by atoms with E-state index in [1.807, 2.05) is 44.2 Å². The molecule has 0 fully saturated rings. The van der Waals surface area contributed by atoms with Gasteiger partial charge in [0.2, 0.25) is 0 Å². The van der Waals surface area contributed by atoms with Gasteiger partial charge in [-0.3, -0.25) is 0 Å². The standard InChI is InChI=1S/C15H18N2O2S/c1-12(2)15(13-8-4-3-5-9-13)17-20(18,19)14-10-6-7-11-16-14/h3-12,15,17H,1-2H3/t15-/m0/s1. The topological polar surface area (TPSA) is 59.1 Å². The fourth-order valence-corrected chi connectivity index (χ4v) is 3.30. The minimum Gasteiger partial charge on any atom is -0.243 e. The van der Waals surface area contributed by atoms with Crippen LogP contribution in [0.1, 0.15) is 25.5 Å². The number of hydrogen-bond acceptors (Lipinski definition) is 3. The van der Waals surface area contributed by atoms with Crippen LogP contribution in [-0.4, -0.2) is 13.4 Å². The minimum atomic E-state index is -3.61. The fourth-order valence-electron chi connectivity index (χ4n) is 1.98. The molecule has 0 aliphatic carbocycles. The summed E-state index contributed by atoms with van der Waals surface area (Å²) in [6.07, 6.45) is 1.47. The van der Waals surface area contributed by atoms with Crippen molar-refractivity contribution in [2.75, 3.05) is 0 Å². The van der Waals surface area contributed by atoms with Crippen LogP contribution in [0.15, 0.2) is 59.8 Å². The number of rotatable bonds is 5. The number of nitrogens with one attached hydrogen (secondary N) is 1. The van der Waals surface area contributed by atoms with Crippen molar-refractivity contribution in [1.82, 2.24) is 9.71 Å². The lowest BCUT2D eigenvalue weighted by Gasteiger charge is -2.22. The van der Waals surface area contributed by atoms with Crippen molar-refractivity contribution in [3.05, 3.63) is 60.3 Å². The third kappa shape index (κ3) is 3.43. The predicted octanol–water partition coefficient (Wildman–Crippen LogP) is 2.76. The van der Waals surface area contributed by atoms with Crippen LogP contribution in [0.25, 0.3) is 0 Å². The first kappa shape index (κ1) is 14.7. The van der Waals surface area contributed by atoms with Gasteiger partial charge in [-0.15, -0.1) is 0 Å². The average Bonchev–Trinajstić information content (AvgIpc) is 2.46. The second-order valence-electron chi connectivity index (χ2n) is 4.92. The Hall–Kier alpha value is -1.72. The zero-order valence-electron chi connectivity index (χ0n) is 11.5. The molecular weight excluding hydrogens is 272 g/mol. The Morgan fingerprint density at radius 2 is 1.65 bits per heavy atom. The third-order valence-electron chi connectivity index (χ3n) is 3.02. The predicted molar refractivity (Wildman–Crippen MR) is 78.6 cm³/mol. The molecule has 0 saturated heterocycles. The lowest BCUT2D eigenvalue weighted by Crippen LogP contribution is -2.32. The first-order valence-electron chi connectivity index (χ1n) is 6.49. The molecule has 0 amide bonds. The molecule has 20 heavy (non-hydrogen) atoms. The lowest BCUT2D eigenvalue weighted by atomic mass is 9.97. The van der Waals surface area contributed by atoms with Gasteiger partial charge >= 0.3 is 0 Å². The van der Waals surface area contributed by atoms with Crippen molar-refractivity contribution in [3.63, 3.8) is 0 Å². The number of aromatic nitrogens is 1.